The van der Waals surface area contributed by atoms with Gasteiger partial charge in [-0.25, -0.2) is 4.79 Å². The third-order valence-electron chi connectivity index (χ3n) is 2.85. The molecule has 0 atom stereocenters. The van der Waals surface area contributed by atoms with Gasteiger partial charge in [-0.2, -0.15) is 0 Å². The predicted molar refractivity (Wildman–Crippen MR) is 55.0 cm³/mol. The van der Waals surface area contributed by atoms with Crippen molar-refractivity contribution in [3.8, 4) is 0 Å². The maximum absolute atomic E-state index is 11.8. The first-order chi connectivity index (χ1) is 6.88. The minimum absolute atomic E-state index is 0.152. The maximum Gasteiger partial charge on any atom is 0.330 e. The second-order valence-electron chi connectivity index (χ2n) is 4.56. The lowest BCUT2D eigenvalue weighted by molar-refractivity contribution is -0.150. The number of carbonyl (C=O) groups is 2. The Balaban J connectivity index is 2.62. The van der Waals surface area contributed by atoms with Crippen LogP contribution in [-0.2, 0) is 14.3 Å². The van der Waals surface area contributed by atoms with Crippen molar-refractivity contribution in [3.63, 3.8) is 0 Å². The Hall–Kier alpha value is -1.10. The largest absolute Gasteiger partial charge is 0.467 e. The molecule has 0 aromatic heterocycles. The van der Waals surface area contributed by atoms with Crippen LogP contribution >= 0.6 is 0 Å². The Morgan fingerprint density at radius 3 is 2.33 bits per heavy atom. The molecule has 86 valence electrons. The lowest BCUT2D eigenvalue weighted by atomic mass is 10.0. The highest BCUT2D eigenvalue weighted by atomic mass is 16.5. The Bertz CT molecular complexity index is 282. The summed E-state index contributed by atoms with van der Waals surface area (Å²) in [6.45, 7) is 3.56. The number of nitrogens with one attached hydrogen (secondary N) is 1. The van der Waals surface area contributed by atoms with Crippen molar-refractivity contribution >= 4 is 11.9 Å². The van der Waals surface area contributed by atoms with E-state index in [-0.39, 0.29) is 5.91 Å². The van der Waals surface area contributed by atoms with E-state index in [0.29, 0.717) is 6.54 Å². The van der Waals surface area contributed by atoms with Crippen molar-refractivity contribution in [2.45, 2.75) is 32.2 Å². The lowest BCUT2D eigenvalue weighted by Gasteiger charge is -2.25. The van der Waals surface area contributed by atoms with E-state index in [1.165, 1.54) is 7.11 Å². The predicted octanol–water partition coefficient (Wildman–Crippen LogP) is -0.207. The molecule has 1 saturated carbocycles. The minimum Gasteiger partial charge on any atom is -0.467 e. The molecule has 5 nitrogen and oxygen atoms in total. The third kappa shape index (κ3) is 2.28. The Morgan fingerprint density at radius 1 is 1.47 bits per heavy atom. The number of ether oxygens (including phenoxy) is 1. The smallest absolute Gasteiger partial charge is 0.330 e. The van der Waals surface area contributed by atoms with E-state index in [1.54, 1.807) is 13.8 Å². The van der Waals surface area contributed by atoms with Gasteiger partial charge in [-0.15, -0.1) is 0 Å². The van der Waals surface area contributed by atoms with E-state index in [1.807, 2.05) is 0 Å². The highest BCUT2D eigenvalue weighted by Crippen LogP contribution is 2.44. The summed E-state index contributed by atoms with van der Waals surface area (Å²) in [6, 6.07) is 0. The molecule has 5 heteroatoms. The number of rotatable bonds is 4. The van der Waals surface area contributed by atoms with Gasteiger partial charge in [0.2, 0.25) is 5.91 Å². The molecule has 1 aliphatic rings. The zero-order valence-corrected chi connectivity index (χ0v) is 9.42. The summed E-state index contributed by atoms with van der Waals surface area (Å²) >= 11 is 0. The summed E-state index contributed by atoms with van der Waals surface area (Å²) in [5.41, 5.74) is 4.09. The average molecular weight is 214 g/mol. The molecule has 0 heterocycles. The van der Waals surface area contributed by atoms with Crippen LogP contribution in [0, 0.1) is 5.41 Å². The van der Waals surface area contributed by atoms with Crippen molar-refractivity contribution in [1.82, 2.24) is 5.32 Å². The molecule has 0 aliphatic heterocycles. The second kappa shape index (κ2) is 3.81. The fourth-order valence-corrected chi connectivity index (χ4v) is 1.40. The van der Waals surface area contributed by atoms with Crippen molar-refractivity contribution in [3.05, 3.63) is 0 Å². The van der Waals surface area contributed by atoms with Crippen LogP contribution in [0.1, 0.15) is 26.7 Å². The molecule has 1 aliphatic carbocycles. The number of esters is 1. The SMILES string of the molecule is COC(=O)C(C)(C)NC(=O)C1(CN)CC1. The van der Waals surface area contributed by atoms with Crippen molar-refractivity contribution in [1.29, 1.82) is 0 Å². The standard InChI is InChI=1S/C10H18N2O3/c1-9(2,8(14)15-3)12-7(13)10(6-11)4-5-10/h4-6,11H2,1-3H3,(H,12,13). The van der Waals surface area contributed by atoms with Crippen molar-refractivity contribution < 1.29 is 14.3 Å². The molecule has 0 aromatic rings. The summed E-state index contributed by atoms with van der Waals surface area (Å²) in [5.74, 6) is -0.607. The number of hydrogen-bond acceptors (Lipinski definition) is 4. The summed E-state index contributed by atoms with van der Waals surface area (Å²) in [4.78, 5) is 23.1. The van der Waals surface area contributed by atoms with Gasteiger partial charge in [0.25, 0.3) is 0 Å². The Kier molecular flexibility index (Phi) is 3.04. The highest BCUT2D eigenvalue weighted by molar-refractivity contribution is 5.91. The van der Waals surface area contributed by atoms with Gasteiger partial charge < -0.3 is 15.8 Å². The molecular formula is C10H18N2O3. The van der Waals surface area contributed by atoms with Crippen LogP contribution in [0.5, 0.6) is 0 Å². The van der Waals surface area contributed by atoms with E-state index < -0.39 is 16.9 Å². The number of nitrogens with two attached hydrogens (primary N) is 1. The van der Waals surface area contributed by atoms with E-state index >= 15 is 0 Å². The summed E-state index contributed by atoms with van der Waals surface area (Å²) < 4.78 is 4.60. The van der Waals surface area contributed by atoms with Gasteiger partial charge in [0.05, 0.1) is 12.5 Å². The Labute approximate surface area is 89.3 Å². The molecule has 1 rings (SSSR count). The zero-order chi connectivity index (χ0) is 11.7. The zero-order valence-electron chi connectivity index (χ0n) is 9.42. The molecule has 1 fully saturated rings. The van der Waals surface area contributed by atoms with Crippen LogP contribution < -0.4 is 11.1 Å². The molecule has 3 N–H and O–H groups in total. The second-order valence-corrected chi connectivity index (χ2v) is 4.56. The molecule has 0 radical (unpaired) electrons. The Morgan fingerprint density at radius 2 is 2.00 bits per heavy atom. The molecule has 15 heavy (non-hydrogen) atoms. The van der Waals surface area contributed by atoms with Gasteiger partial charge in [-0.1, -0.05) is 0 Å². The van der Waals surface area contributed by atoms with Crippen LogP contribution in [0.4, 0.5) is 0 Å². The summed E-state index contributed by atoms with van der Waals surface area (Å²) in [5, 5.41) is 2.67. The average Bonchev–Trinajstić information content (AvgIpc) is 2.96. The first kappa shape index (κ1) is 12.0. The van der Waals surface area contributed by atoms with Gasteiger partial charge in [0.1, 0.15) is 5.54 Å². The van der Waals surface area contributed by atoms with Crippen molar-refractivity contribution in [2.75, 3.05) is 13.7 Å². The number of amides is 1. The first-order valence-electron chi connectivity index (χ1n) is 4.99. The number of carbonyl (C=O) groups excluding carboxylic acids is 2. The molecule has 0 saturated heterocycles. The van der Waals surface area contributed by atoms with E-state index in [4.69, 9.17) is 5.73 Å². The minimum atomic E-state index is -0.989. The van der Waals surface area contributed by atoms with E-state index in [2.05, 4.69) is 10.1 Å². The molecule has 0 spiro atoms. The van der Waals surface area contributed by atoms with Crippen LogP contribution in [-0.4, -0.2) is 31.1 Å². The quantitative estimate of drug-likeness (QED) is 0.635. The molecule has 0 aromatic carbocycles. The van der Waals surface area contributed by atoms with Gasteiger partial charge in [0, 0.05) is 6.54 Å². The van der Waals surface area contributed by atoms with E-state index in [0.717, 1.165) is 12.8 Å². The maximum atomic E-state index is 11.8. The topological polar surface area (TPSA) is 81.4 Å². The van der Waals surface area contributed by atoms with Crippen LogP contribution in [0.15, 0.2) is 0 Å². The first-order valence-corrected chi connectivity index (χ1v) is 4.99. The number of methoxy groups -OCH3 is 1. The van der Waals surface area contributed by atoms with Crippen LogP contribution in [0.2, 0.25) is 0 Å². The fourth-order valence-electron chi connectivity index (χ4n) is 1.40. The molecular weight excluding hydrogens is 196 g/mol. The third-order valence-corrected chi connectivity index (χ3v) is 2.85. The van der Waals surface area contributed by atoms with Gasteiger partial charge >= 0.3 is 5.97 Å². The molecule has 0 unspecified atom stereocenters. The lowest BCUT2D eigenvalue weighted by Crippen LogP contribution is -2.53. The van der Waals surface area contributed by atoms with Crippen LogP contribution in [0.25, 0.3) is 0 Å². The molecule has 1 amide bonds. The summed E-state index contributed by atoms with van der Waals surface area (Å²) in [6.07, 6.45) is 1.60. The van der Waals surface area contributed by atoms with Gasteiger partial charge in [-0.05, 0) is 26.7 Å². The number of hydrogen-bond donors (Lipinski definition) is 2. The fraction of sp³-hybridized carbons (Fsp3) is 0.800. The molecule has 0 bridgehead atoms. The van der Waals surface area contributed by atoms with Crippen LogP contribution in [0.3, 0.4) is 0 Å². The van der Waals surface area contributed by atoms with Gasteiger partial charge in [-0.3, -0.25) is 4.79 Å². The summed E-state index contributed by atoms with van der Waals surface area (Å²) in [7, 11) is 1.30. The monoisotopic (exact) mass is 214 g/mol. The van der Waals surface area contributed by atoms with E-state index in [9.17, 15) is 9.59 Å². The van der Waals surface area contributed by atoms with Gasteiger partial charge in [0.15, 0.2) is 0 Å². The normalized spacial score (nSPS) is 18.1. The highest BCUT2D eigenvalue weighted by Gasteiger charge is 2.50. The van der Waals surface area contributed by atoms with Crippen molar-refractivity contribution in [2.24, 2.45) is 11.1 Å².